The lowest BCUT2D eigenvalue weighted by molar-refractivity contribution is 0.667. The molecule has 0 spiro atoms. The van der Waals surface area contributed by atoms with Crippen molar-refractivity contribution in [1.29, 1.82) is 0 Å². The molecule has 8 nitrogen and oxygen atoms in total. The summed E-state index contributed by atoms with van der Waals surface area (Å²) in [6.07, 6.45) is 8.30. The molecule has 0 bridgehead atoms. The molecule has 0 unspecified atom stereocenters. The van der Waals surface area contributed by atoms with E-state index in [1.165, 1.54) is 6.33 Å². The molecule has 4 aromatic heterocycles. The average Bonchev–Trinajstić information content (AvgIpc) is 3.28. The zero-order valence-corrected chi connectivity index (χ0v) is 12.9. The molecule has 25 heavy (non-hydrogen) atoms. The molecule has 0 amide bonds. The number of hydrogen-bond donors (Lipinski definition) is 1. The van der Waals surface area contributed by atoms with E-state index >= 15 is 0 Å². The third-order valence-electron chi connectivity index (χ3n) is 3.76. The number of furan rings is 1. The molecular formula is C17H11N7O. The van der Waals surface area contributed by atoms with E-state index in [1.54, 1.807) is 35.5 Å². The second kappa shape index (κ2) is 5.38. The fourth-order valence-electron chi connectivity index (χ4n) is 2.66. The number of nitrogens with zero attached hydrogens (tertiary/aromatic N) is 6. The van der Waals surface area contributed by atoms with E-state index < -0.39 is 0 Å². The fraction of sp³-hybridized carbons (Fsp3) is 0. The Morgan fingerprint density at radius 3 is 2.76 bits per heavy atom. The maximum atomic E-state index is 5.91. The topological polar surface area (TPSA) is 94.6 Å². The van der Waals surface area contributed by atoms with E-state index in [-0.39, 0.29) is 0 Å². The smallest absolute Gasteiger partial charge is 0.250 e. The van der Waals surface area contributed by atoms with Gasteiger partial charge in [-0.2, -0.15) is 5.10 Å². The summed E-state index contributed by atoms with van der Waals surface area (Å²) < 4.78 is 7.49. The maximum absolute atomic E-state index is 5.91. The van der Waals surface area contributed by atoms with Gasteiger partial charge in [-0.05, 0) is 18.2 Å². The number of fused-ring (bicyclic) bond motifs is 3. The molecule has 0 saturated carbocycles. The van der Waals surface area contributed by atoms with E-state index in [9.17, 15) is 0 Å². The van der Waals surface area contributed by atoms with Crippen molar-refractivity contribution in [2.75, 3.05) is 5.32 Å². The van der Waals surface area contributed by atoms with Gasteiger partial charge >= 0.3 is 0 Å². The SMILES string of the molecule is c1cnc(-n2cc(Nc3ncnc4c3oc3ccccc34)cn2)nc1. The second-order valence-electron chi connectivity index (χ2n) is 5.35. The van der Waals surface area contributed by atoms with Gasteiger partial charge in [-0.3, -0.25) is 0 Å². The van der Waals surface area contributed by atoms with Crippen LogP contribution < -0.4 is 5.32 Å². The van der Waals surface area contributed by atoms with Gasteiger partial charge in [0, 0.05) is 17.8 Å². The van der Waals surface area contributed by atoms with Gasteiger partial charge in [-0.1, -0.05) is 12.1 Å². The molecular weight excluding hydrogens is 318 g/mol. The molecule has 5 rings (SSSR count). The van der Waals surface area contributed by atoms with Crippen molar-refractivity contribution in [3.8, 4) is 5.95 Å². The van der Waals surface area contributed by atoms with Crippen molar-refractivity contribution in [2.45, 2.75) is 0 Å². The van der Waals surface area contributed by atoms with Crippen molar-refractivity contribution in [1.82, 2.24) is 29.7 Å². The van der Waals surface area contributed by atoms with Gasteiger partial charge in [-0.25, -0.2) is 24.6 Å². The first-order chi connectivity index (χ1) is 12.4. The Labute approximate surface area is 141 Å². The summed E-state index contributed by atoms with van der Waals surface area (Å²) in [5.74, 6) is 1.07. The number of hydrogen-bond acceptors (Lipinski definition) is 7. The molecule has 0 aliphatic carbocycles. The monoisotopic (exact) mass is 329 g/mol. The largest absolute Gasteiger partial charge is 0.450 e. The summed E-state index contributed by atoms with van der Waals surface area (Å²) in [6.45, 7) is 0. The Hall–Kier alpha value is -3.81. The highest BCUT2D eigenvalue weighted by molar-refractivity contribution is 6.05. The predicted molar refractivity (Wildman–Crippen MR) is 91.7 cm³/mol. The van der Waals surface area contributed by atoms with Crippen molar-refractivity contribution < 1.29 is 4.42 Å². The van der Waals surface area contributed by atoms with Gasteiger partial charge in [0.15, 0.2) is 11.4 Å². The third kappa shape index (κ3) is 2.27. The van der Waals surface area contributed by atoms with Crippen LogP contribution in [0.25, 0.3) is 28.0 Å². The van der Waals surface area contributed by atoms with E-state index in [4.69, 9.17) is 4.42 Å². The molecule has 1 N–H and O–H groups in total. The van der Waals surface area contributed by atoms with E-state index in [2.05, 4.69) is 30.4 Å². The van der Waals surface area contributed by atoms with Crippen LogP contribution in [0.15, 0.2) is 65.9 Å². The van der Waals surface area contributed by atoms with Crippen LogP contribution in [0.1, 0.15) is 0 Å². The van der Waals surface area contributed by atoms with Crippen LogP contribution in [0.4, 0.5) is 11.5 Å². The number of benzene rings is 1. The number of rotatable bonds is 3. The minimum atomic E-state index is 0.493. The van der Waals surface area contributed by atoms with Gasteiger partial charge in [0.1, 0.15) is 17.4 Å². The maximum Gasteiger partial charge on any atom is 0.250 e. The average molecular weight is 329 g/mol. The van der Waals surface area contributed by atoms with Gasteiger partial charge in [-0.15, -0.1) is 0 Å². The quantitative estimate of drug-likeness (QED) is 0.543. The highest BCUT2D eigenvalue weighted by Gasteiger charge is 2.13. The molecule has 0 atom stereocenters. The Bertz CT molecular complexity index is 1180. The van der Waals surface area contributed by atoms with Crippen LogP contribution in [0.3, 0.4) is 0 Å². The zero-order chi connectivity index (χ0) is 16.6. The Morgan fingerprint density at radius 1 is 0.960 bits per heavy atom. The van der Waals surface area contributed by atoms with Crippen LogP contribution in [0.5, 0.6) is 0 Å². The van der Waals surface area contributed by atoms with Gasteiger partial charge < -0.3 is 9.73 Å². The molecule has 1 aromatic carbocycles. The highest BCUT2D eigenvalue weighted by Crippen LogP contribution is 2.31. The van der Waals surface area contributed by atoms with Crippen LogP contribution in [0.2, 0.25) is 0 Å². The summed E-state index contributed by atoms with van der Waals surface area (Å²) in [4.78, 5) is 17.0. The first kappa shape index (κ1) is 13.6. The molecule has 0 radical (unpaired) electrons. The van der Waals surface area contributed by atoms with Crippen molar-refractivity contribution in [2.24, 2.45) is 0 Å². The lowest BCUT2D eigenvalue weighted by Crippen LogP contribution is -1.99. The second-order valence-corrected chi connectivity index (χ2v) is 5.35. The van der Waals surface area contributed by atoms with Crippen LogP contribution in [-0.2, 0) is 0 Å². The summed E-state index contributed by atoms with van der Waals surface area (Å²) in [5, 5.41) is 8.43. The van der Waals surface area contributed by atoms with Crippen LogP contribution >= 0.6 is 0 Å². The summed E-state index contributed by atoms with van der Waals surface area (Å²) in [6, 6.07) is 9.52. The zero-order valence-electron chi connectivity index (χ0n) is 12.9. The number of aromatic nitrogens is 6. The lowest BCUT2D eigenvalue weighted by atomic mass is 10.2. The molecule has 120 valence electrons. The van der Waals surface area contributed by atoms with Crippen LogP contribution in [-0.4, -0.2) is 29.7 Å². The van der Waals surface area contributed by atoms with Crippen molar-refractivity contribution in [3.63, 3.8) is 0 Å². The Morgan fingerprint density at radius 2 is 1.84 bits per heavy atom. The van der Waals surface area contributed by atoms with Crippen molar-refractivity contribution >= 4 is 33.6 Å². The predicted octanol–water partition coefficient (Wildman–Crippen LogP) is 3.10. The number of anilines is 2. The van der Waals surface area contributed by atoms with Crippen LogP contribution in [0, 0.1) is 0 Å². The van der Waals surface area contributed by atoms with Gasteiger partial charge in [0.25, 0.3) is 0 Å². The normalized spacial score (nSPS) is 11.2. The minimum absolute atomic E-state index is 0.493. The molecule has 0 fully saturated rings. The Kier molecular flexibility index (Phi) is 2.93. The first-order valence-corrected chi connectivity index (χ1v) is 7.60. The van der Waals surface area contributed by atoms with Gasteiger partial charge in [0.05, 0.1) is 18.1 Å². The standard InChI is InChI=1S/C17H11N7O/c1-2-5-13-12(4-1)14-15(25-13)16(21-10-20-14)23-11-8-22-24(9-11)17-18-6-3-7-19-17/h1-10H,(H,20,21,23). The summed E-state index contributed by atoms with van der Waals surface area (Å²) in [7, 11) is 0. The van der Waals surface area contributed by atoms with E-state index in [0.717, 1.165) is 22.2 Å². The summed E-state index contributed by atoms with van der Waals surface area (Å²) in [5.41, 5.74) is 2.89. The molecule has 8 heteroatoms. The molecule has 0 aliphatic heterocycles. The highest BCUT2D eigenvalue weighted by atomic mass is 16.3. The molecule has 0 saturated heterocycles. The summed E-state index contributed by atoms with van der Waals surface area (Å²) >= 11 is 0. The molecule has 4 heterocycles. The molecule has 0 aliphatic rings. The molecule has 5 aromatic rings. The minimum Gasteiger partial charge on any atom is -0.450 e. The van der Waals surface area contributed by atoms with E-state index in [1.807, 2.05) is 24.3 Å². The number of para-hydroxylation sites is 1. The van der Waals surface area contributed by atoms with Gasteiger partial charge in [0.2, 0.25) is 5.95 Å². The van der Waals surface area contributed by atoms with E-state index in [0.29, 0.717) is 17.3 Å². The Balaban J connectivity index is 1.55. The number of nitrogens with one attached hydrogen (secondary N) is 1. The van der Waals surface area contributed by atoms with Crippen molar-refractivity contribution in [3.05, 3.63) is 61.4 Å². The first-order valence-electron chi connectivity index (χ1n) is 7.60. The fourth-order valence-corrected chi connectivity index (χ4v) is 2.66. The lowest BCUT2D eigenvalue weighted by Gasteiger charge is -2.02. The third-order valence-corrected chi connectivity index (χ3v) is 3.76.